The van der Waals surface area contributed by atoms with Crippen molar-refractivity contribution in [1.82, 2.24) is 0 Å². The van der Waals surface area contributed by atoms with Crippen LogP contribution >= 0.6 is 0 Å². The zero-order valence-corrected chi connectivity index (χ0v) is 10.8. The minimum absolute atomic E-state index is 0.0510. The first kappa shape index (κ1) is 13.7. The Balaban J connectivity index is 2.51. The van der Waals surface area contributed by atoms with Crippen LogP contribution in [0.1, 0.15) is 31.4 Å². The largest absolute Gasteiger partial charge is 0.418 e. The summed E-state index contributed by atoms with van der Waals surface area (Å²) in [5, 5.41) is 8.87. The Kier molecular flexibility index (Phi) is 3.44. The highest BCUT2D eigenvalue weighted by Crippen LogP contribution is 2.40. The zero-order valence-electron chi connectivity index (χ0n) is 10.8. The van der Waals surface area contributed by atoms with Gasteiger partial charge < -0.3 is 4.90 Å². The van der Waals surface area contributed by atoms with E-state index in [2.05, 4.69) is 0 Å². The van der Waals surface area contributed by atoms with Crippen molar-refractivity contribution < 1.29 is 13.2 Å². The smallest absolute Gasteiger partial charge is 0.368 e. The molecule has 1 aliphatic rings. The molecule has 2 unspecified atom stereocenters. The van der Waals surface area contributed by atoms with Crippen LogP contribution in [0.25, 0.3) is 0 Å². The molecular weight excluding hydrogens is 253 g/mol. The molecule has 0 bridgehead atoms. The summed E-state index contributed by atoms with van der Waals surface area (Å²) in [4.78, 5) is 1.76. The predicted octanol–water partition coefficient (Wildman–Crippen LogP) is 3.81. The average Bonchev–Trinajstić information content (AvgIpc) is 2.68. The second-order valence-electron chi connectivity index (χ2n) is 5.04. The van der Waals surface area contributed by atoms with Crippen LogP contribution in [-0.2, 0) is 6.18 Å². The molecule has 2 nitrogen and oxygen atoms in total. The van der Waals surface area contributed by atoms with Gasteiger partial charge in [-0.05, 0) is 37.5 Å². The lowest BCUT2D eigenvalue weighted by Gasteiger charge is -2.28. The zero-order chi connectivity index (χ0) is 14.2. The Morgan fingerprint density at radius 1 is 1.32 bits per heavy atom. The Morgan fingerprint density at radius 3 is 2.47 bits per heavy atom. The molecule has 0 saturated carbocycles. The summed E-state index contributed by atoms with van der Waals surface area (Å²) in [6, 6.07) is 5.52. The van der Waals surface area contributed by atoms with E-state index in [1.165, 1.54) is 12.1 Å². The van der Waals surface area contributed by atoms with E-state index in [9.17, 15) is 13.2 Å². The summed E-state index contributed by atoms with van der Waals surface area (Å²) in [5.74, 6) is 0.354. The van der Waals surface area contributed by atoms with Crippen LogP contribution in [0.3, 0.4) is 0 Å². The van der Waals surface area contributed by atoms with E-state index >= 15 is 0 Å². The van der Waals surface area contributed by atoms with E-state index in [-0.39, 0.29) is 17.3 Å². The molecule has 0 radical (unpaired) electrons. The second-order valence-corrected chi connectivity index (χ2v) is 5.04. The molecule has 0 amide bonds. The molecular formula is C14H15F3N2. The van der Waals surface area contributed by atoms with Gasteiger partial charge in [-0.2, -0.15) is 18.4 Å². The molecule has 1 aromatic rings. The van der Waals surface area contributed by atoms with E-state index in [1.54, 1.807) is 4.90 Å². The third-order valence-electron chi connectivity index (χ3n) is 3.88. The molecule has 0 N–H and O–H groups in total. The van der Waals surface area contributed by atoms with Crippen LogP contribution < -0.4 is 4.90 Å². The number of benzene rings is 1. The number of hydrogen-bond acceptors (Lipinski definition) is 2. The summed E-state index contributed by atoms with van der Waals surface area (Å²) in [6.45, 7) is 4.56. The maximum Gasteiger partial charge on any atom is 0.418 e. The molecule has 1 fully saturated rings. The van der Waals surface area contributed by atoms with Gasteiger partial charge in [0.1, 0.15) is 0 Å². The molecule has 2 atom stereocenters. The van der Waals surface area contributed by atoms with Crippen molar-refractivity contribution in [2.24, 2.45) is 5.92 Å². The van der Waals surface area contributed by atoms with Gasteiger partial charge in [0.2, 0.25) is 0 Å². The van der Waals surface area contributed by atoms with Crippen LogP contribution in [0.15, 0.2) is 18.2 Å². The molecule has 0 spiro atoms. The van der Waals surface area contributed by atoms with Gasteiger partial charge in [-0.3, -0.25) is 0 Å². The molecule has 0 aromatic heterocycles. The Labute approximate surface area is 110 Å². The quantitative estimate of drug-likeness (QED) is 0.774. The van der Waals surface area contributed by atoms with Crippen LogP contribution in [-0.4, -0.2) is 12.6 Å². The van der Waals surface area contributed by atoms with E-state index < -0.39 is 11.7 Å². The number of hydrogen-bond donors (Lipinski definition) is 0. The first-order valence-electron chi connectivity index (χ1n) is 6.22. The predicted molar refractivity (Wildman–Crippen MR) is 66.7 cm³/mol. The van der Waals surface area contributed by atoms with Gasteiger partial charge in [0.15, 0.2) is 0 Å². The lowest BCUT2D eigenvalue weighted by atomic mass is 10.0. The van der Waals surface area contributed by atoms with Crippen molar-refractivity contribution in [3.63, 3.8) is 0 Å². The van der Waals surface area contributed by atoms with Crippen molar-refractivity contribution in [2.75, 3.05) is 11.4 Å². The maximum atomic E-state index is 13.1. The SMILES string of the molecule is CC1CCN(c2cc(C#N)ccc2C(F)(F)F)C1C. The monoisotopic (exact) mass is 268 g/mol. The second kappa shape index (κ2) is 4.76. The highest BCUT2D eigenvalue weighted by molar-refractivity contribution is 5.60. The topological polar surface area (TPSA) is 27.0 Å². The van der Waals surface area contributed by atoms with Gasteiger partial charge in [0.05, 0.1) is 22.9 Å². The van der Waals surface area contributed by atoms with Crippen molar-refractivity contribution >= 4 is 5.69 Å². The summed E-state index contributed by atoms with van der Waals surface area (Å²) < 4.78 is 39.2. The van der Waals surface area contributed by atoms with E-state index in [0.29, 0.717) is 12.5 Å². The van der Waals surface area contributed by atoms with Gasteiger partial charge in [0.25, 0.3) is 0 Å². The lowest BCUT2D eigenvalue weighted by molar-refractivity contribution is -0.137. The van der Waals surface area contributed by atoms with Crippen molar-refractivity contribution in [3.05, 3.63) is 29.3 Å². The fraction of sp³-hybridized carbons (Fsp3) is 0.500. The van der Waals surface area contributed by atoms with Crippen LogP contribution in [0.2, 0.25) is 0 Å². The summed E-state index contributed by atoms with van der Waals surface area (Å²) in [6.07, 6.45) is -3.52. The number of nitrogens with zero attached hydrogens (tertiary/aromatic N) is 2. The maximum absolute atomic E-state index is 13.1. The number of halogens is 3. The van der Waals surface area contributed by atoms with E-state index in [4.69, 9.17) is 5.26 Å². The van der Waals surface area contributed by atoms with Gasteiger partial charge >= 0.3 is 6.18 Å². The summed E-state index contributed by atoms with van der Waals surface area (Å²) >= 11 is 0. The molecule has 0 aliphatic carbocycles. The third kappa shape index (κ3) is 2.53. The molecule has 1 heterocycles. The minimum atomic E-state index is -4.39. The van der Waals surface area contributed by atoms with Gasteiger partial charge in [-0.15, -0.1) is 0 Å². The van der Waals surface area contributed by atoms with Crippen molar-refractivity contribution in [2.45, 2.75) is 32.5 Å². The molecule has 2 rings (SSSR count). The molecule has 19 heavy (non-hydrogen) atoms. The van der Waals surface area contributed by atoms with E-state index in [1.807, 2.05) is 19.9 Å². The van der Waals surface area contributed by atoms with Crippen LogP contribution in [0, 0.1) is 17.2 Å². The van der Waals surface area contributed by atoms with Crippen LogP contribution in [0.5, 0.6) is 0 Å². The highest BCUT2D eigenvalue weighted by atomic mass is 19.4. The normalized spacial score (nSPS) is 23.5. The fourth-order valence-electron chi connectivity index (χ4n) is 2.51. The summed E-state index contributed by atoms with van der Waals surface area (Å²) in [5.41, 5.74) is -0.273. The van der Waals surface area contributed by atoms with Gasteiger partial charge in [0, 0.05) is 12.6 Å². The summed E-state index contributed by atoms with van der Waals surface area (Å²) in [7, 11) is 0. The Hall–Kier alpha value is -1.70. The lowest BCUT2D eigenvalue weighted by Crippen LogP contribution is -2.31. The van der Waals surface area contributed by atoms with Crippen molar-refractivity contribution in [1.29, 1.82) is 5.26 Å². The van der Waals surface area contributed by atoms with E-state index in [0.717, 1.165) is 12.5 Å². The number of nitriles is 1. The Morgan fingerprint density at radius 2 is 2.00 bits per heavy atom. The number of anilines is 1. The average molecular weight is 268 g/mol. The standard InChI is InChI=1S/C14H15F3N2/c1-9-5-6-19(10(9)2)13-7-11(8-18)3-4-12(13)14(15,16)17/h3-4,7,9-10H,5-6H2,1-2H3. The van der Waals surface area contributed by atoms with Crippen molar-refractivity contribution in [3.8, 4) is 6.07 Å². The first-order valence-corrected chi connectivity index (χ1v) is 6.22. The van der Waals surface area contributed by atoms with Gasteiger partial charge in [-0.1, -0.05) is 6.92 Å². The molecule has 102 valence electrons. The van der Waals surface area contributed by atoms with Gasteiger partial charge in [-0.25, -0.2) is 0 Å². The molecule has 1 saturated heterocycles. The highest BCUT2D eigenvalue weighted by Gasteiger charge is 2.38. The first-order chi connectivity index (χ1) is 8.84. The number of rotatable bonds is 1. The fourth-order valence-corrected chi connectivity index (χ4v) is 2.51. The number of alkyl halides is 3. The molecule has 1 aliphatic heterocycles. The Bertz CT molecular complexity index is 516. The third-order valence-corrected chi connectivity index (χ3v) is 3.88. The van der Waals surface area contributed by atoms with Crippen LogP contribution in [0.4, 0.5) is 18.9 Å². The minimum Gasteiger partial charge on any atom is -0.368 e. The molecule has 5 heteroatoms. The molecule has 1 aromatic carbocycles.